The van der Waals surface area contributed by atoms with Crippen molar-refractivity contribution in [1.82, 2.24) is 5.32 Å². The van der Waals surface area contributed by atoms with Crippen molar-refractivity contribution in [2.45, 2.75) is 38.0 Å². The standard InChI is InChI=1S/C14H21ClFNO2S/c1-4-7-17-14(10(2)20(3,18)19)9-11-5-6-12(15)13(16)8-11/h5-6,8,10,14,17H,4,7,9H2,1-3H3. The largest absolute Gasteiger partial charge is 0.312 e. The summed E-state index contributed by atoms with van der Waals surface area (Å²) in [7, 11) is -3.15. The highest BCUT2D eigenvalue weighted by molar-refractivity contribution is 7.91. The SMILES string of the molecule is CCCNC(Cc1ccc(Cl)c(F)c1)C(C)S(C)(=O)=O. The second kappa shape index (κ2) is 7.38. The van der Waals surface area contributed by atoms with Crippen LogP contribution in [0.25, 0.3) is 0 Å². The van der Waals surface area contributed by atoms with Gasteiger partial charge in [-0.15, -0.1) is 0 Å². The van der Waals surface area contributed by atoms with Crippen molar-refractivity contribution >= 4 is 21.4 Å². The van der Waals surface area contributed by atoms with E-state index in [4.69, 9.17) is 11.6 Å². The molecule has 0 aromatic heterocycles. The fourth-order valence-corrected chi connectivity index (χ4v) is 2.86. The van der Waals surface area contributed by atoms with Crippen molar-refractivity contribution < 1.29 is 12.8 Å². The van der Waals surface area contributed by atoms with Crippen LogP contribution in [0.2, 0.25) is 5.02 Å². The van der Waals surface area contributed by atoms with Crippen LogP contribution in [0.3, 0.4) is 0 Å². The number of nitrogens with one attached hydrogen (secondary N) is 1. The predicted molar refractivity (Wildman–Crippen MR) is 81.5 cm³/mol. The molecule has 0 saturated heterocycles. The zero-order chi connectivity index (χ0) is 15.3. The van der Waals surface area contributed by atoms with Crippen LogP contribution in [0.5, 0.6) is 0 Å². The Hall–Kier alpha value is -0.650. The van der Waals surface area contributed by atoms with Crippen molar-refractivity contribution in [2.75, 3.05) is 12.8 Å². The average Bonchev–Trinajstić information content (AvgIpc) is 2.36. The van der Waals surface area contributed by atoms with E-state index in [1.807, 2.05) is 6.92 Å². The lowest BCUT2D eigenvalue weighted by molar-refractivity contribution is 0.481. The molecule has 0 aliphatic heterocycles. The smallest absolute Gasteiger partial charge is 0.151 e. The fourth-order valence-electron chi connectivity index (χ4n) is 1.95. The van der Waals surface area contributed by atoms with Crippen LogP contribution in [-0.2, 0) is 16.3 Å². The highest BCUT2D eigenvalue weighted by Gasteiger charge is 2.25. The molecule has 0 spiro atoms. The van der Waals surface area contributed by atoms with Crippen LogP contribution >= 0.6 is 11.6 Å². The Morgan fingerprint density at radius 3 is 2.55 bits per heavy atom. The van der Waals surface area contributed by atoms with Gasteiger partial charge in [0.05, 0.1) is 10.3 Å². The summed E-state index contributed by atoms with van der Waals surface area (Å²) in [6, 6.07) is 4.33. The first kappa shape index (κ1) is 17.4. The first-order valence-corrected chi connectivity index (χ1v) is 8.95. The molecule has 3 nitrogen and oxygen atoms in total. The van der Waals surface area contributed by atoms with Crippen LogP contribution in [0.15, 0.2) is 18.2 Å². The van der Waals surface area contributed by atoms with Gasteiger partial charge in [0.15, 0.2) is 9.84 Å². The van der Waals surface area contributed by atoms with Crippen molar-refractivity contribution in [3.63, 3.8) is 0 Å². The molecule has 114 valence electrons. The molecule has 1 rings (SSSR count). The molecule has 2 unspecified atom stereocenters. The van der Waals surface area contributed by atoms with Crippen molar-refractivity contribution in [3.8, 4) is 0 Å². The van der Waals surface area contributed by atoms with E-state index in [0.717, 1.165) is 18.5 Å². The van der Waals surface area contributed by atoms with Crippen LogP contribution in [-0.4, -0.2) is 32.5 Å². The number of halogens is 2. The molecule has 0 bridgehead atoms. The number of benzene rings is 1. The fraction of sp³-hybridized carbons (Fsp3) is 0.571. The Bertz CT molecular complexity index is 548. The van der Waals surface area contributed by atoms with Gasteiger partial charge < -0.3 is 5.32 Å². The van der Waals surface area contributed by atoms with Crippen LogP contribution in [0.1, 0.15) is 25.8 Å². The molecule has 2 atom stereocenters. The Morgan fingerprint density at radius 2 is 2.05 bits per heavy atom. The van der Waals surface area contributed by atoms with E-state index in [1.165, 1.54) is 18.4 Å². The minimum atomic E-state index is -3.15. The third-order valence-electron chi connectivity index (χ3n) is 3.34. The van der Waals surface area contributed by atoms with Crippen LogP contribution < -0.4 is 5.32 Å². The minimum absolute atomic E-state index is 0.0722. The molecule has 0 fully saturated rings. The van der Waals surface area contributed by atoms with E-state index in [9.17, 15) is 12.8 Å². The summed E-state index contributed by atoms with van der Waals surface area (Å²) in [5, 5.41) is 2.76. The van der Waals surface area contributed by atoms with Gasteiger partial charge in [0.2, 0.25) is 0 Å². The Morgan fingerprint density at radius 1 is 1.40 bits per heavy atom. The van der Waals surface area contributed by atoms with Gasteiger partial charge in [-0.2, -0.15) is 0 Å². The van der Waals surface area contributed by atoms with Gasteiger partial charge in [0, 0.05) is 12.3 Å². The summed E-state index contributed by atoms with van der Waals surface area (Å²) >= 11 is 5.65. The molecule has 0 aliphatic carbocycles. The second-order valence-electron chi connectivity index (χ2n) is 5.05. The van der Waals surface area contributed by atoms with Crippen molar-refractivity contribution in [1.29, 1.82) is 0 Å². The van der Waals surface area contributed by atoms with Gasteiger partial charge in [-0.25, -0.2) is 12.8 Å². The molecule has 6 heteroatoms. The first-order chi connectivity index (χ1) is 9.25. The van der Waals surface area contributed by atoms with Crippen LogP contribution in [0, 0.1) is 5.82 Å². The van der Waals surface area contributed by atoms with Gasteiger partial charge in [0.1, 0.15) is 5.82 Å². The second-order valence-corrected chi connectivity index (χ2v) is 7.86. The van der Waals surface area contributed by atoms with E-state index in [2.05, 4.69) is 5.32 Å². The lowest BCUT2D eigenvalue weighted by Gasteiger charge is -2.24. The monoisotopic (exact) mass is 321 g/mol. The first-order valence-electron chi connectivity index (χ1n) is 6.62. The third-order valence-corrected chi connectivity index (χ3v) is 5.32. The molecule has 1 N–H and O–H groups in total. The number of rotatable bonds is 7. The number of hydrogen-bond donors (Lipinski definition) is 1. The van der Waals surface area contributed by atoms with E-state index in [1.54, 1.807) is 13.0 Å². The third kappa shape index (κ3) is 5.04. The number of hydrogen-bond acceptors (Lipinski definition) is 3. The van der Waals surface area contributed by atoms with Gasteiger partial charge >= 0.3 is 0 Å². The summed E-state index contributed by atoms with van der Waals surface area (Å²) in [5.41, 5.74) is 0.732. The Kier molecular flexibility index (Phi) is 6.43. The molecule has 20 heavy (non-hydrogen) atoms. The van der Waals surface area contributed by atoms with Crippen molar-refractivity contribution in [2.24, 2.45) is 0 Å². The Labute approximate surface area is 125 Å². The lowest BCUT2D eigenvalue weighted by Crippen LogP contribution is -2.44. The molecular weight excluding hydrogens is 301 g/mol. The van der Waals surface area contributed by atoms with Gasteiger partial charge in [-0.05, 0) is 44.0 Å². The molecule has 0 amide bonds. The summed E-state index contributed by atoms with van der Waals surface area (Å²) in [6.45, 7) is 4.41. The minimum Gasteiger partial charge on any atom is -0.312 e. The molecule has 1 aromatic carbocycles. The zero-order valence-electron chi connectivity index (χ0n) is 12.0. The molecular formula is C14H21ClFNO2S. The van der Waals surface area contributed by atoms with E-state index in [-0.39, 0.29) is 11.1 Å². The molecule has 0 aliphatic rings. The summed E-state index contributed by atoms with van der Waals surface area (Å²) in [5.74, 6) is -0.481. The lowest BCUT2D eigenvalue weighted by atomic mass is 10.0. The van der Waals surface area contributed by atoms with E-state index < -0.39 is 20.9 Å². The molecule has 0 saturated carbocycles. The van der Waals surface area contributed by atoms with Crippen LogP contribution in [0.4, 0.5) is 4.39 Å². The Balaban J connectivity index is 2.91. The molecule has 1 aromatic rings. The highest BCUT2D eigenvalue weighted by Crippen LogP contribution is 2.18. The van der Waals surface area contributed by atoms with E-state index in [0.29, 0.717) is 6.42 Å². The average molecular weight is 322 g/mol. The number of sulfone groups is 1. The molecule has 0 heterocycles. The van der Waals surface area contributed by atoms with Crippen molar-refractivity contribution in [3.05, 3.63) is 34.6 Å². The zero-order valence-corrected chi connectivity index (χ0v) is 13.6. The predicted octanol–water partition coefficient (Wildman–Crippen LogP) is 2.82. The summed E-state index contributed by atoms with van der Waals surface area (Å²) < 4.78 is 36.9. The maximum absolute atomic E-state index is 13.4. The van der Waals surface area contributed by atoms with Gasteiger partial charge in [0.25, 0.3) is 0 Å². The summed E-state index contributed by atoms with van der Waals surface area (Å²) in [6.07, 6.45) is 2.57. The summed E-state index contributed by atoms with van der Waals surface area (Å²) in [4.78, 5) is 0. The maximum Gasteiger partial charge on any atom is 0.151 e. The maximum atomic E-state index is 13.4. The topological polar surface area (TPSA) is 46.2 Å². The van der Waals surface area contributed by atoms with Gasteiger partial charge in [-0.3, -0.25) is 0 Å². The highest BCUT2D eigenvalue weighted by atomic mass is 35.5. The van der Waals surface area contributed by atoms with Gasteiger partial charge in [-0.1, -0.05) is 24.6 Å². The molecule has 0 radical (unpaired) electrons. The quantitative estimate of drug-likeness (QED) is 0.840. The van der Waals surface area contributed by atoms with E-state index >= 15 is 0 Å². The normalized spacial score (nSPS) is 15.1.